The summed E-state index contributed by atoms with van der Waals surface area (Å²) in [5.41, 5.74) is -0.183. The van der Waals surface area contributed by atoms with Gasteiger partial charge in [0.25, 0.3) is 0 Å². The summed E-state index contributed by atoms with van der Waals surface area (Å²) in [6.07, 6.45) is 3.25. The minimum absolute atomic E-state index is 0.183. The molecule has 0 bridgehead atoms. The van der Waals surface area contributed by atoms with Gasteiger partial charge in [-0.05, 0) is 71.7 Å². The molecule has 2 fully saturated rings. The Labute approximate surface area is 188 Å². The van der Waals surface area contributed by atoms with E-state index in [1.165, 1.54) is 0 Å². The Morgan fingerprint density at radius 3 is 2.06 bits per heavy atom. The van der Waals surface area contributed by atoms with E-state index >= 15 is 0 Å². The highest BCUT2D eigenvalue weighted by Crippen LogP contribution is 2.22. The van der Waals surface area contributed by atoms with Gasteiger partial charge >= 0.3 is 0 Å². The summed E-state index contributed by atoms with van der Waals surface area (Å²) in [5, 5.41) is 0. The van der Waals surface area contributed by atoms with Crippen molar-refractivity contribution in [3.8, 4) is 11.5 Å². The largest absolute Gasteiger partial charge is 0.492 e. The van der Waals surface area contributed by atoms with E-state index in [0.29, 0.717) is 24.9 Å². The van der Waals surface area contributed by atoms with Crippen LogP contribution in [0, 0.1) is 0 Å². The van der Waals surface area contributed by atoms with Crippen LogP contribution in [0.25, 0.3) is 0 Å². The lowest BCUT2D eigenvalue weighted by atomic mass is 10.1. The Hall–Kier alpha value is -1.34. The lowest BCUT2D eigenvalue weighted by Gasteiger charge is -2.36. The third kappa shape index (κ3) is 8.97. The molecule has 2 atom stereocenters. The Balaban J connectivity index is 1.26. The van der Waals surface area contributed by atoms with E-state index in [0.717, 1.165) is 70.2 Å². The second-order valence-electron chi connectivity index (χ2n) is 9.96. The van der Waals surface area contributed by atoms with Gasteiger partial charge in [-0.25, -0.2) is 0 Å². The smallest absolute Gasteiger partial charge is 0.120 e. The highest BCUT2D eigenvalue weighted by molar-refractivity contribution is 5.31. The summed E-state index contributed by atoms with van der Waals surface area (Å²) in [6, 6.07) is 7.91. The number of benzene rings is 1. The van der Waals surface area contributed by atoms with E-state index in [1.807, 2.05) is 24.3 Å². The number of likely N-dealkylation sites (tertiary alicyclic amines) is 1. The highest BCUT2D eigenvalue weighted by Gasteiger charge is 2.23. The van der Waals surface area contributed by atoms with Gasteiger partial charge in [-0.15, -0.1) is 0 Å². The van der Waals surface area contributed by atoms with Crippen molar-refractivity contribution in [1.82, 2.24) is 9.80 Å². The van der Waals surface area contributed by atoms with Crippen LogP contribution < -0.4 is 9.47 Å². The fraction of sp³-hybridized carbons (Fsp3) is 0.760. The van der Waals surface area contributed by atoms with E-state index in [-0.39, 0.29) is 5.60 Å². The zero-order valence-electron chi connectivity index (χ0n) is 20.1. The molecule has 0 spiro atoms. The minimum atomic E-state index is -0.183. The third-order valence-electron chi connectivity index (χ3n) is 5.71. The summed E-state index contributed by atoms with van der Waals surface area (Å²) >= 11 is 0. The second kappa shape index (κ2) is 11.5. The van der Waals surface area contributed by atoms with Crippen molar-refractivity contribution in [3.05, 3.63) is 24.3 Å². The molecule has 2 aliphatic heterocycles. The van der Waals surface area contributed by atoms with Gasteiger partial charge in [-0.2, -0.15) is 0 Å². The Kier molecular flexibility index (Phi) is 9.02. The fourth-order valence-electron chi connectivity index (χ4n) is 4.37. The second-order valence-corrected chi connectivity index (χ2v) is 9.96. The first kappa shape index (κ1) is 24.3. The summed E-state index contributed by atoms with van der Waals surface area (Å²) in [4.78, 5) is 4.94. The maximum absolute atomic E-state index is 6.17. The van der Waals surface area contributed by atoms with Crippen LogP contribution >= 0.6 is 0 Å². The molecule has 2 aliphatic rings. The van der Waals surface area contributed by atoms with Gasteiger partial charge in [0, 0.05) is 39.3 Å². The molecule has 1 aromatic carbocycles. The van der Waals surface area contributed by atoms with Crippen LogP contribution in [0.4, 0.5) is 0 Å². The van der Waals surface area contributed by atoms with Crippen LogP contribution in [0.3, 0.4) is 0 Å². The van der Waals surface area contributed by atoms with Gasteiger partial charge in [0.2, 0.25) is 0 Å². The average molecular weight is 435 g/mol. The number of ether oxygens (including phenoxy) is 4. The van der Waals surface area contributed by atoms with Crippen LogP contribution in [0.15, 0.2) is 24.3 Å². The molecule has 0 saturated carbocycles. The van der Waals surface area contributed by atoms with Crippen molar-refractivity contribution < 1.29 is 18.9 Å². The number of piperidine rings is 1. The van der Waals surface area contributed by atoms with E-state index in [4.69, 9.17) is 18.9 Å². The van der Waals surface area contributed by atoms with Gasteiger partial charge in [-0.1, -0.05) is 0 Å². The molecule has 1 aromatic rings. The van der Waals surface area contributed by atoms with Crippen LogP contribution in [-0.4, -0.2) is 86.2 Å². The Morgan fingerprint density at radius 2 is 1.45 bits per heavy atom. The van der Waals surface area contributed by atoms with Gasteiger partial charge < -0.3 is 18.9 Å². The molecule has 0 amide bonds. The summed E-state index contributed by atoms with van der Waals surface area (Å²) < 4.78 is 23.8. The van der Waals surface area contributed by atoms with Gasteiger partial charge in [0.15, 0.2) is 0 Å². The minimum Gasteiger partial charge on any atom is -0.492 e. The Morgan fingerprint density at radius 1 is 0.871 bits per heavy atom. The first-order valence-corrected chi connectivity index (χ1v) is 11.9. The predicted octanol–water partition coefficient (Wildman–Crippen LogP) is 3.83. The van der Waals surface area contributed by atoms with Crippen molar-refractivity contribution >= 4 is 0 Å². The summed E-state index contributed by atoms with van der Waals surface area (Å²) in [5.74, 6) is 1.77. The summed E-state index contributed by atoms with van der Waals surface area (Å²) in [7, 11) is 0. The molecule has 6 heteroatoms. The van der Waals surface area contributed by atoms with Gasteiger partial charge in [-0.3, -0.25) is 9.80 Å². The molecule has 0 N–H and O–H groups in total. The monoisotopic (exact) mass is 434 g/mol. The third-order valence-corrected chi connectivity index (χ3v) is 5.71. The van der Waals surface area contributed by atoms with Crippen LogP contribution in [-0.2, 0) is 9.47 Å². The molecule has 0 aromatic heterocycles. The van der Waals surface area contributed by atoms with E-state index in [1.54, 1.807) is 0 Å². The van der Waals surface area contributed by atoms with Gasteiger partial charge in [0.05, 0.1) is 24.9 Å². The lowest BCUT2D eigenvalue weighted by Crippen LogP contribution is -2.47. The van der Waals surface area contributed by atoms with Crippen LogP contribution in [0.1, 0.15) is 47.5 Å². The molecule has 31 heavy (non-hydrogen) atoms. The zero-order valence-corrected chi connectivity index (χ0v) is 20.1. The first-order valence-electron chi connectivity index (χ1n) is 11.9. The maximum Gasteiger partial charge on any atom is 0.120 e. The maximum atomic E-state index is 6.17. The van der Waals surface area contributed by atoms with Gasteiger partial charge in [0.1, 0.15) is 23.7 Å². The number of rotatable bonds is 9. The summed E-state index contributed by atoms with van der Waals surface area (Å²) in [6.45, 7) is 18.1. The molecule has 176 valence electrons. The first-order chi connectivity index (χ1) is 14.8. The SMILES string of the molecule is CC1CN(CCOC2CCN(CCOc3ccc(OC(C)(C)C)cc3)CC2)CC(C)O1. The number of hydrogen-bond donors (Lipinski definition) is 0. The van der Waals surface area contributed by atoms with E-state index in [2.05, 4.69) is 44.4 Å². The molecule has 6 nitrogen and oxygen atoms in total. The van der Waals surface area contributed by atoms with Crippen molar-refractivity contribution in [2.45, 2.75) is 71.4 Å². The van der Waals surface area contributed by atoms with Crippen molar-refractivity contribution in [3.63, 3.8) is 0 Å². The van der Waals surface area contributed by atoms with E-state index < -0.39 is 0 Å². The number of nitrogens with zero attached hydrogens (tertiary/aromatic N) is 2. The molecule has 2 unspecified atom stereocenters. The van der Waals surface area contributed by atoms with Crippen molar-refractivity contribution in [2.75, 3.05) is 52.5 Å². The quantitative estimate of drug-likeness (QED) is 0.589. The Bertz CT molecular complexity index is 628. The van der Waals surface area contributed by atoms with Crippen molar-refractivity contribution in [2.24, 2.45) is 0 Å². The number of hydrogen-bond acceptors (Lipinski definition) is 6. The van der Waals surface area contributed by atoms with Crippen LogP contribution in [0.2, 0.25) is 0 Å². The standard InChI is InChI=1S/C25H42N2O4/c1-20-18-27(19-21(2)30-20)15-17-29-23-10-12-26(13-11-23)14-16-28-22-6-8-24(9-7-22)31-25(3,4)5/h6-9,20-21,23H,10-19H2,1-5H3. The molecule has 0 radical (unpaired) electrons. The zero-order chi connectivity index (χ0) is 22.3. The van der Waals surface area contributed by atoms with Crippen molar-refractivity contribution in [1.29, 1.82) is 0 Å². The highest BCUT2D eigenvalue weighted by atomic mass is 16.5. The lowest BCUT2D eigenvalue weighted by molar-refractivity contribution is -0.0785. The molecular weight excluding hydrogens is 392 g/mol. The topological polar surface area (TPSA) is 43.4 Å². The molecule has 3 rings (SSSR count). The van der Waals surface area contributed by atoms with E-state index in [9.17, 15) is 0 Å². The van der Waals surface area contributed by atoms with Crippen LogP contribution in [0.5, 0.6) is 11.5 Å². The normalized spacial score (nSPS) is 24.3. The fourth-order valence-corrected chi connectivity index (χ4v) is 4.37. The molecule has 0 aliphatic carbocycles. The predicted molar refractivity (Wildman–Crippen MR) is 124 cm³/mol. The molecule has 2 heterocycles. The number of morpholine rings is 1. The molecular formula is C25H42N2O4. The average Bonchev–Trinajstić information content (AvgIpc) is 2.69. The molecule has 2 saturated heterocycles.